The fourth-order valence-corrected chi connectivity index (χ4v) is 3.16. The molecule has 0 atom stereocenters. The molecule has 2 aromatic heterocycles. The van der Waals surface area contributed by atoms with Crippen LogP contribution in [0.5, 0.6) is 0 Å². The van der Waals surface area contributed by atoms with Gasteiger partial charge in [0.05, 0.1) is 35.5 Å². The number of carbonyl (C=O) groups excluding carboxylic acids is 1. The molecular weight excluding hydrogens is 330 g/mol. The lowest BCUT2D eigenvalue weighted by atomic mass is 10.0. The summed E-state index contributed by atoms with van der Waals surface area (Å²) < 4.78 is 7.09. The molecule has 0 saturated heterocycles. The molecule has 0 spiro atoms. The maximum Gasteiger partial charge on any atom is 0.179 e. The molecule has 26 heavy (non-hydrogen) atoms. The molecule has 0 amide bonds. The van der Waals surface area contributed by atoms with E-state index in [-0.39, 0.29) is 5.78 Å². The number of carbonyl (C=O) groups is 1. The zero-order valence-electron chi connectivity index (χ0n) is 15.3. The zero-order valence-corrected chi connectivity index (χ0v) is 15.3. The maximum absolute atomic E-state index is 13.0. The fourth-order valence-electron chi connectivity index (χ4n) is 3.16. The number of fused-ring (bicyclic) bond motifs is 3. The third-order valence-corrected chi connectivity index (χ3v) is 4.58. The van der Waals surface area contributed by atoms with E-state index >= 15 is 0 Å². The minimum Gasteiger partial charge on any atom is -0.411 e. The van der Waals surface area contributed by atoms with Crippen LogP contribution >= 0.6 is 0 Å². The molecule has 2 heterocycles. The number of pyridine rings is 1. The van der Waals surface area contributed by atoms with Crippen LogP contribution in [0.4, 0.5) is 0 Å². The first kappa shape index (κ1) is 18.1. The van der Waals surface area contributed by atoms with E-state index in [9.17, 15) is 4.79 Å². The smallest absolute Gasteiger partial charge is 0.179 e. The van der Waals surface area contributed by atoms with Gasteiger partial charge in [0.25, 0.3) is 0 Å². The summed E-state index contributed by atoms with van der Waals surface area (Å²) in [7, 11) is 3.57. The number of likely N-dealkylation sites (N-methyl/N-ethyl adjacent to an activating group) is 1. The van der Waals surface area contributed by atoms with Crippen molar-refractivity contribution in [2.75, 3.05) is 33.9 Å². The standard InChI is InChI=1S/C20H23N3O3/c1-14(21-25)15-7-8-16-18(12-15)23-9-5-4-6-17(23)20(16)19(24)13-22(2)10-11-26-3/h4-9,12,25H,10-11,13H2,1-3H3. The Kier molecular flexibility index (Phi) is 5.35. The molecule has 6 nitrogen and oxygen atoms in total. The van der Waals surface area contributed by atoms with Crippen molar-refractivity contribution >= 4 is 27.9 Å². The Balaban J connectivity index is 2.10. The van der Waals surface area contributed by atoms with Gasteiger partial charge < -0.3 is 14.3 Å². The Hall–Kier alpha value is -2.70. The summed E-state index contributed by atoms with van der Waals surface area (Å²) in [6.45, 7) is 3.35. The highest BCUT2D eigenvalue weighted by molar-refractivity contribution is 6.16. The first-order valence-electron chi connectivity index (χ1n) is 8.49. The van der Waals surface area contributed by atoms with Crippen LogP contribution in [0, 0.1) is 0 Å². The highest BCUT2D eigenvalue weighted by Gasteiger charge is 2.19. The summed E-state index contributed by atoms with van der Waals surface area (Å²) in [6, 6.07) is 11.6. The molecular formula is C20H23N3O3. The summed E-state index contributed by atoms with van der Waals surface area (Å²) in [5.41, 5.74) is 3.87. The number of benzene rings is 1. The summed E-state index contributed by atoms with van der Waals surface area (Å²) >= 11 is 0. The molecule has 0 aliphatic rings. The van der Waals surface area contributed by atoms with Crippen LogP contribution in [-0.4, -0.2) is 59.9 Å². The second-order valence-electron chi connectivity index (χ2n) is 6.40. The van der Waals surface area contributed by atoms with Gasteiger partial charge in [-0.1, -0.05) is 23.4 Å². The van der Waals surface area contributed by atoms with Crippen molar-refractivity contribution in [3.8, 4) is 0 Å². The summed E-state index contributed by atoms with van der Waals surface area (Å²) in [4.78, 5) is 15.0. The normalized spacial score (nSPS) is 12.4. The second-order valence-corrected chi connectivity index (χ2v) is 6.40. The number of ether oxygens (including phenoxy) is 1. The molecule has 0 unspecified atom stereocenters. The van der Waals surface area contributed by atoms with E-state index in [4.69, 9.17) is 9.94 Å². The van der Waals surface area contributed by atoms with Crippen LogP contribution in [0.2, 0.25) is 0 Å². The van der Waals surface area contributed by atoms with Gasteiger partial charge in [0.2, 0.25) is 0 Å². The van der Waals surface area contributed by atoms with Crippen molar-refractivity contribution in [1.29, 1.82) is 0 Å². The molecule has 3 rings (SSSR count). The Morgan fingerprint density at radius 1 is 1.27 bits per heavy atom. The average Bonchev–Trinajstić information content (AvgIpc) is 2.99. The molecule has 3 aromatic rings. The van der Waals surface area contributed by atoms with Gasteiger partial charge in [0, 0.05) is 30.8 Å². The minimum absolute atomic E-state index is 0.0719. The average molecular weight is 353 g/mol. The molecule has 1 aromatic carbocycles. The lowest BCUT2D eigenvalue weighted by Crippen LogP contribution is -2.29. The Bertz CT molecular complexity index is 975. The third kappa shape index (κ3) is 3.34. The topological polar surface area (TPSA) is 66.5 Å². The minimum atomic E-state index is 0.0719. The van der Waals surface area contributed by atoms with Crippen molar-refractivity contribution in [2.24, 2.45) is 5.16 Å². The number of Topliss-reactive ketones (excluding diaryl/α,β-unsaturated/α-hetero) is 1. The largest absolute Gasteiger partial charge is 0.411 e. The van der Waals surface area contributed by atoms with E-state index in [2.05, 4.69) is 5.16 Å². The van der Waals surface area contributed by atoms with Gasteiger partial charge in [-0.3, -0.25) is 9.69 Å². The zero-order chi connectivity index (χ0) is 18.7. The second kappa shape index (κ2) is 7.68. The molecule has 0 aliphatic heterocycles. The van der Waals surface area contributed by atoms with E-state index in [1.54, 1.807) is 14.0 Å². The van der Waals surface area contributed by atoms with Crippen LogP contribution in [0.25, 0.3) is 16.4 Å². The first-order valence-corrected chi connectivity index (χ1v) is 8.49. The number of hydrogen-bond acceptors (Lipinski definition) is 5. The van der Waals surface area contributed by atoms with Gasteiger partial charge >= 0.3 is 0 Å². The lowest BCUT2D eigenvalue weighted by Gasteiger charge is -2.14. The summed E-state index contributed by atoms with van der Waals surface area (Å²) in [5, 5.41) is 13.2. The van der Waals surface area contributed by atoms with E-state index in [0.717, 1.165) is 27.5 Å². The van der Waals surface area contributed by atoms with Crippen molar-refractivity contribution in [3.05, 3.63) is 53.7 Å². The Morgan fingerprint density at radius 2 is 2.08 bits per heavy atom. The number of nitrogens with zero attached hydrogens (tertiary/aromatic N) is 3. The number of rotatable bonds is 7. The monoisotopic (exact) mass is 353 g/mol. The molecule has 0 radical (unpaired) electrons. The van der Waals surface area contributed by atoms with E-state index in [1.807, 2.05) is 58.9 Å². The SMILES string of the molecule is COCCN(C)CC(=O)c1c2ccc(C(C)=NO)cc2n2ccccc12. The molecule has 1 N–H and O–H groups in total. The Labute approximate surface area is 152 Å². The van der Waals surface area contributed by atoms with Crippen molar-refractivity contribution < 1.29 is 14.7 Å². The van der Waals surface area contributed by atoms with E-state index in [0.29, 0.717) is 25.4 Å². The quantitative estimate of drug-likeness (QED) is 0.307. The van der Waals surface area contributed by atoms with Crippen molar-refractivity contribution in [1.82, 2.24) is 9.30 Å². The predicted molar refractivity (Wildman–Crippen MR) is 103 cm³/mol. The maximum atomic E-state index is 13.0. The lowest BCUT2D eigenvalue weighted by molar-refractivity contribution is 0.0926. The molecule has 0 fully saturated rings. The van der Waals surface area contributed by atoms with Gasteiger partial charge in [-0.25, -0.2) is 0 Å². The number of methoxy groups -OCH3 is 1. The number of hydrogen-bond donors (Lipinski definition) is 1. The van der Waals surface area contributed by atoms with Crippen molar-refractivity contribution in [2.45, 2.75) is 6.92 Å². The summed E-state index contributed by atoms with van der Waals surface area (Å²) in [5.74, 6) is 0.0719. The third-order valence-electron chi connectivity index (χ3n) is 4.58. The van der Waals surface area contributed by atoms with Crippen LogP contribution in [0.1, 0.15) is 22.8 Å². The van der Waals surface area contributed by atoms with Crippen molar-refractivity contribution in [3.63, 3.8) is 0 Å². The Morgan fingerprint density at radius 3 is 2.81 bits per heavy atom. The van der Waals surface area contributed by atoms with Crippen LogP contribution in [-0.2, 0) is 4.74 Å². The van der Waals surface area contributed by atoms with Gasteiger partial charge in [0.1, 0.15) is 0 Å². The number of ketones is 1. The highest BCUT2D eigenvalue weighted by atomic mass is 16.5. The van der Waals surface area contributed by atoms with Gasteiger partial charge in [-0.2, -0.15) is 0 Å². The fraction of sp³-hybridized carbons (Fsp3) is 0.300. The van der Waals surface area contributed by atoms with Crippen LogP contribution in [0.15, 0.2) is 47.8 Å². The van der Waals surface area contributed by atoms with Crippen LogP contribution < -0.4 is 0 Å². The van der Waals surface area contributed by atoms with E-state index < -0.39 is 0 Å². The molecule has 0 bridgehead atoms. The van der Waals surface area contributed by atoms with E-state index in [1.165, 1.54) is 0 Å². The van der Waals surface area contributed by atoms with Crippen LogP contribution in [0.3, 0.4) is 0 Å². The summed E-state index contributed by atoms with van der Waals surface area (Å²) in [6.07, 6.45) is 1.94. The highest BCUT2D eigenvalue weighted by Crippen LogP contribution is 2.28. The molecule has 6 heteroatoms. The number of aromatic nitrogens is 1. The predicted octanol–water partition coefficient (Wildman–Crippen LogP) is 3.05. The molecule has 0 saturated carbocycles. The first-order chi connectivity index (χ1) is 12.6. The van der Waals surface area contributed by atoms with Gasteiger partial charge in [-0.05, 0) is 32.2 Å². The molecule has 136 valence electrons. The number of oxime groups is 1. The van der Waals surface area contributed by atoms with Gasteiger partial charge in [-0.15, -0.1) is 0 Å². The molecule has 0 aliphatic carbocycles. The van der Waals surface area contributed by atoms with Gasteiger partial charge in [0.15, 0.2) is 5.78 Å².